The predicted octanol–water partition coefficient (Wildman–Crippen LogP) is 4.46. The number of benzene rings is 2. The van der Waals surface area contributed by atoms with Crippen LogP contribution in [-0.4, -0.2) is 24.8 Å². The minimum Gasteiger partial charge on any atom is -0.493 e. The van der Waals surface area contributed by atoms with Crippen molar-refractivity contribution >= 4 is 5.97 Å². The van der Waals surface area contributed by atoms with E-state index in [1.807, 2.05) is 49.4 Å². The van der Waals surface area contributed by atoms with Crippen molar-refractivity contribution < 1.29 is 19.4 Å². The molecule has 0 aliphatic heterocycles. The van der Waals surface area contributed by atoms with Crippen LogP contribution in [0, 0.1) is 0 Å². The first-order valence-corrected chi connectivity index (χ1v) is 8.70. The molecule has 0 radical (unpaired) electrons. The monoisotopic (exact) mass is 342 g/mol. The molecule has 0 amide bonds. The topological polar surface area (TPSA) is 55.8 Å². The molecular weight excluding hydrogens is 316 g/mol. The van der Waals surface area contributed by atoms with Gasteiger partial charge in [0.15, 0.2) is 11.5 Å². The van der Waals surface area contributed by atoms with Crippen molar-refractivity contribution in [1.29, 1.82) is 0 Å². The van der Waals surface area contributed by atoms with Crippen LogP contribution in [0.1, 0.15) is 42.9 Å². The third-order valence-corrected chi connectivity index (χ3v) is 4.22. The molecule has 0 spiro atoms. The van der Waals surface area contributed by atoms with Crippen LogP contribution in [0.5, 0.6) is 11.5 Å². The fourth-order valence-corrected chi connectivity index (χ4v) is 2.74. The predicted molar refractivity (Wildman–Crippen MR) is 98.7 cm³/mol. The summed E-state index contributed by atoms with van der Waals surface area (Å²) in [6.07, 6.45) is 2.26. The summed E-state index contributed by atoms with van der Waals surface area (Å²) in [4.78, 5) is 11.8. The fraction of sp³-hybridized carbons (Fsp3) is 0.381. The Morgan fingerprint density at radius 1 is 1.04 bits per heavy atom. The highest BCUT2D eigenvalue weighted by atomic mass is 16.5. The molecule has 134 valence electrons. The standard InChI is InChI=1S/C21H26O4/c1-4-12-25-19-11-8-16(14-20(19)24-3)13-18(21(22)23)17-9-6-15(5-2)7-10-17/h6-11,14,18H,4-5,12-13H2,1-3H3,(H,22,23). The smallest absolute Gasteiger partial charge is 0.311 e. The van der Waals surface area contributed by atoms with E-state index in [0.717, 1.165) is 24.0 Å². The number of ether oxygens (including phenoxy) is 2. The molecule has 0 heterocycles. The minimum absolute atomic E-state index is 0.408. The van der Waals surface area contributed by atoms with Crippen LogP contribution in [0.15, 0.2) is 42.5 Å². The molecule has 0 bridgehead atoms. The molecule has 0 aromatic heterocycles. The molecule has 0 saturated carbocycles. The number of hydrogen-bond acceptors (Lipinski definition) is 3. The van der Waals surface area contributed by atoms with Gasteiger partial charge in [-0.05, 0) is 48.1 Å². The summed E-state index contributed by atoms with van der Waals surface area (Å²) in [5.41, 5.74) is 2.93. The number of methoxy groups -OCH3 is 1. The zero-order valence-electron chi connectivity index (χ0n) is 15.1. The summed E-state index contributed by atoms with van der Waals surface area (Å²) in [6.45, 7) is 4.75. The van der Waals surface area contributed by atoms with Crippen molar-refractivity contribution in [2.75, 3.05) is 13.7 Å². The van der Waals surface area contributed by atoms with Crippen molar-refractivity contribution in [2.45, 2.75) is 39.0 Å². The molecular formula is C21H26O4. The van der Waals surface area contributed by atoms with E-state index in [1.165, 1.54) is 5.56 Å². The molecule has 25 heavy (non-hydrogen) atoms. The van der Waals surface area contributed by atoms with E-state index in [9.17, 15) is 9.90 Å². The Balaban J connectivity index is 2.22. The van der Waals surface area contributed by atoms with Crippen molar-refractivity contribution in [3.05, 3.63) is 59.2 Å². The fourth-order valence-electron chi connectivity index (χ4n) is 2.74. The SMILES string of the molecule is CCCOc1ccc(CC(C(=O)O)c2ccc(CC)cc2)cc1OC. The van der Waals surface area contributed by atoms with E-state index < -0.39 is 11.9 Å². The highest BCUT2D eigenvalue weighted by Gasteiger charge is 2.21. The molecule has 0 fully saturated rings. The number of aliphatic carboxylic acids is 1. The minimum atomic E-state index is -0.825. The van der Waals surface area contributed by atoms with Crippen LogP contribution < -0.4 is 9.47 Å². The molecule has 2 aromatic rings. The number of rotatable bonds is 9. The van der Waals surface area contributed by atoms with Gasteiger partial charge >= 0.3 is 5.97 Å². The maximum Gasteiger partial charge on any atom is 0.311 e. The number of carboxylic acid groups (broad SMARTS) is 1. The molecule has 1 N–H and O–H groups in total. The quantitative estimate of drug-likeness (QED) is 0.731. The van der Waals surface area contributed by atoms with Crippen LogP contribution >= 0.6 is 0 Å². The highest BCUT2D eigenvalue weighted by Crippen LogP contribution is 2.31. The first kappa shape index (κ1) is 18.8. The molecule has 1 unspecified atom stereocenters. The van der Waals surface area contributed by atoms with E-state index in [2.05, 4.69) is 6.92 Å². The van der Waals surface area contributed by atoms with Crippen molar-refractivity contribution in [3.63, 3.8) is 0 Å². The lowest BCUT2D eigenvalue weighted by molar-refractivity contribution is -0.138. The second kappa shape index (κ2) is 9.11. The third-order valence-electron chi connectivity index (χ3n) is 4.22. The maximum atomic E-state index is 11.8. The van der Waals surface area contributed by atoms with Crippen molar-refractivity contribution in [2.24, 2.45) is 0 Å². The normalized spacial score (nSPS) is 11.8. The van der Waals surface area contributed by atoms with Crippen LogP contribution in [0.3, 0.4) is 0 Å². The Morgan fingerprint density at radius 3 is 2.28 bits per heavy atom. The number of carbonyl (C=O) groups is 1. The van der Waals surface area contributed by atoms with Gasteiger partial charge in [0.2, 0.25) is 0 Å². The highest BCUT2D eigenvalue weighted by molar-refractivity contribution is 5.76. The van der Waals surface area contributed by atoms with E-state index in [4.69, 9.17) is 9.47 Å². The Hall–Kier alpha value is -2.49. The van der Waals surface area contributed by atoms with Gasteiger partial charge in [-0.15, -0.1) is 0 Å². The Morgan fingerprint density at radius 2 is 1.72 bits per heavy atom. The van der Waals surface area contributed by atoms with Gasteiger partial charge in [-0.2, -0.15) is 0 Å². The largest absolute Gasteiger partial charge is 0.493 e. The lowest BCUT2D eigenvalue weighted by Crippen LogP contribution is -2.14. The van der Waals surface area contributed by atoms with E-state index in [0.29, 0.717) is 24.5 Å². The average Bonchev–Trinajstić information content (AvgIpc) is 2.64. The lowest BCUT2D eigenvalue weighted by Gasteiger charge is -2.16. The van der Waals surface area contributed by atoms with Crippen LogP contribution in [-0.2, 0) is 17.6 Å². The first-order valence-electron chi connectivity index (χ1n) is 8.70. The summed E-state index contributed by atoms with van der Waals surface area (Å²) >= 11 is 0. The summed E-state index contributed by atoms with van der Waals surface area (Å²) in [6, 6.07) is 13.4. The Bertz CT molecular complexity index is 692. The zero-order valence-corrected chi connectivity index (χ0v) is 15.1. The molecule has 4 nitrogen and oxygen atoms in total. The summed E-state index contributed by atoms with van der Waals surface area (Å²) in [5, 5.41) is 9.66. The van der Waals surface area contributed by atoms with Gasteiger partial charge in [0.05, 0.1) is 19.6 Å². The molecule has 0 aliphatic carbocycles. The van der Waals surface area contributed by atoms with E-state index in [1.54, 1.807) is 7.11 Å². The maximum absolute atomic E-state index is 11.8. The van der Waals surface area contributed by atoms with Crippen LogP contribution in [0.2, 0.25) is 0 Å². The molecule has 1 atom stereocenters. The molecule has 0 aliphatic rings. The van der Waals surface area contributed by atoms with Crippen molar-refractivity contribution in [1.82, 2.24) is 0 Å². The average molecular weight is 342 g/mol. The summed E-state index contributed by atoms with van der Waals surface area (Å²) in [5.74, 6) is -0.0868. The lowest BCUT2D eigenvalue weighted by atomic mass is 9.91. The van der Waals surface area contributed by atoms with Crippen LogP contribution in [0.25, 0.3) is 0 Å². The van der Waals surface area contributed by atoms with Gasteiger partial charge in [-0.3, -0.25) is 4.79 Å². The molecule has 2 rings (SSSR count). The number of hydrogen-bond donors (Lipinski definition) is 1. The third kappa shape index (κ3) is 4.99. The molecule has 0 saturated heterocycles. The number of carboxylic acids is 1. The first-order chi connectivity index (χ1) is 12.1. The van der Waals surface area contributed by atoms with E-state index in [-0.39, 0.29) is 0 Å². The summed E-state index contributed by atoms with van der Waals surface area (Å²) in [7, 11) is 1.59. The molecule has 2 aromatic carbocycles. The van der Waals surface area contributed by atoms with Crippen LogP contribution in [0.4, 0.5) is 0 Å². The van der Waals surface area contributed by atoms with Gasteiger partial charge < -0.3 is 14.6 Å². The second-order valence-corrected chi connectivity index (χ2v) is 6.02. The Labute approximate surface area is 149 Å². The number of aryl methyl sites for hydroxylation is 1. The zero-order chi connectivity index (χ0) is 18.2. The summed E-state index contributed by atoms with van der Waals surface area (Å²) < 4.78 is 11.0. The van der Waals surface area contributed by atoms with Gasteiger partial charge in [0.25, 0.3) is 0 Å². The second-order valence-electron chi connectivity index (χ2n) is 6.02. The van der Waals surface area contributed by atoms with Gasteiger partial charge in [-0.1, -0.05) is 44.2 Å². The van der Waals surface area contributed by atoms with E-state index >= 15 is 0 Å². The molecule has 4 heteroatoms. The van der Waals surface area contributed by atoms with Crippen molar-refractivity contribution in [3.8, 4) is 11.5 Å². The van der Waals surface area contributed by atoms with Gasteiger partial charge in [0, 0.05) is 0 Å². The Kier molecular flexibility index (Phi) is 6.87. The van der Waals surface area contributed by atoms with Gasteiger partial charge in [0.1, 0.15) is 0 Å². The van der Waals surface area contributed by atoms with Gasteiger partial charge in [-0.25, -0.2) is 0 Å².